The van der Waals surface area contributed by atoms with Crippen LogP contribution >= 0.6 is 7.82 Å². The first-order valence-corrected chi connectivity index (χ1v) is 7.53. The summed E-state index contributed by atoms with van der Waals surface area (Å²) < 4.78 is 27.3. The van der Waals surface area contributed by atoms with Gasteiger partial charge >= 0.3 is 7.82 Å². The molecule has 0 saturated carbocycles. The van der Waals surface area contributed by atoms with Crippen LogP contribution < -0.4 is 0 Å². The van der Waals surface area contributed by atoms with Gasteiger partial charge in [0.05, 0.1) is 19.8 Å². The Labute approximate surface area is 103 Å². The zero-order valence-electron chi connectivity index (χ0n) is 10.6. The minimum absolute atomic E-state index is 0.0129. The van der Waals surface area contributed by atoms with Gasteiger partial charge in [-0.05, 0) is 12.8 Å². The predicted molar refractivity (Wildman–Crippen MR) is 65.6 cm³/mol. The molecule has 0 aromatic carbocycles. The normalized spacial score (nSPS) is 11.6. The van der Waals surface area contributed by atoms with E-state index in [4.69, 9.17) is 13.6 Å². The van der Waals surface area contributed by atoms with E-state index in [1.807, 2.05) is 13.8 Å². The van der Waals surface area contributed by atoms with Gasteiger partial charge in [0.2, 0.25) is 6.29 Å². The Morgan fingerprint density at radius 2 is 1.41 bits per heavy atom. The topological polar surface area (TPSA) is 61.8 Å². The smallest absolute Gasteiger partial charge is 0.291 e. The predicted octanol–water partition coefficient (Wildman–Crippen LogP) is 3.24. The summed E-state index contributed by atoms with van der Waals surface area (Å²) in [7, 11) is -3.49. The van der Waals surface area contributed by atoms with Gasteiger partial charge in [0.25, 0.3) is 0 Å². The molecule has 0 bridgehead atoms. The van der Waals surface area contributed by atoms with Gasteiger partial charge in [-0.1, -0.05) is 26.7 Å². The average Bonchev–Trinajstić information content (AvgIpc) is 2.30. The van der Waals surface area contributed by atoms with Crippen LogP contribution in [-0.2, 0) is 22.9 Å². The molecule has 6 heteroatoms. The summed E-state index contributed by atoms with van der Waals surface area (Å²) in [5.74, 6) is 0. The van der Waals surface area contributed by atoms with Crippen molar-refractivity contribution in [3.05, 3.63) is 0 Å². The number of phosphoric ester groups is 1. The van der Waals surface area contributed by atoms with E-state index in [9.17, 15) is 9.36 Å². The summed E-state index contributed by atoms with van der Waals surface area (Å²) in [6.45, 7) is 4.71. The molecule has 0 saturated heterocycles. The van der Waals surface area contributed by atoms with Gasteiger partial charge in [-0.15, -0.1) is 0 Å². The average molecular weight is 265 g/mol. The molecule has 17 heavy (non-hydrogen) atoms. The van der Waals surface area contributed by atoms with Crippen LogP contribution in [0.3, 0.4) is 0 Å². The summed E-state index contributed by atoms with van der Waals surface area (Å²) >= 11 is 0. The maximum Gasteiger partial charge on any atom is 0.474 e. The van der Waals surface area contributed by atoms with Crippen molar-refractivity contribution in [3.63, 3.8) is 0 Å². The van der Waals surface area contributed by atoms with Crippen molar-refractivity contribution in [2.45, 2.75) is 46.0 Å². The second-order valence-electron chi connectivity index (χ2n) is 3.55. The first kappa shape index (κ1) is 16.8. The third-order valence-corrected chi connectivity index (χ3v) is 3.44. The lowest BCUT2D eigenvalue weighted by molar-refractivity contribution is 0.113. The van der Waals surface area contributed by atoms with E-state index in [-0.39, 0.29) is 13.0 Å². The molecule has 0 N–H and O–H groups in total. The first-order valence-electron chi connectivity index (χ1n) is 6.07. The van der Waals surface area contributed by atoms with E-state index in [0.29, 0.717) is 13.2 Å². The van der Waals surface area contributed by atoms with Gasteiger partial charge in [0.15, 0.2) is 0 Å². The van der Waals surface area contributed by atoms with Crippen molar-refractivity contribution < 1.29 is 22.9 Å². The Balaban J connectivity index is 4.04. The SMILES string of the molecule is CCCCOP(=O)(OCC[C]=O)OCCCC. The molecule has 1 radical (unpaired) electrons. The zero-order chi connectivity index (χ0) is 13.0. The second kappa shape index (κ2) is 10.9. The molecule has 0 spiro atoms. The molecular weight excluding hydrogens is 243 g/mol. The highest BCUT2D eigenvalue weighted by Gasteiger charge is 2.25. The molecule has 101 valence electrons. The van der Waals surface area contributed by atoms with E-state index in [1.165, 1.54) is 0 Å². The van der Waals surface area contributed by atoms with Crippen molar-refractivity contribution in [1.29, 1.82) is 0 Å². The van der Waals surface area contributed by atoms with Gasteiger partial charge in [-0.2, -0.15) is 0 Å². The number of carbonyl (C=O) groups excluding carboxylic acids is 1. The van der Waals surface area contributed by atoms with Crippen LogP contribution in [0, 0.1) is 0 Å². The molecule has 0 aromatic rings. The highest BCUT2D eigenvalue weighted by Crippen LogP contribution is 2.49. The fourth-order valence-electron chi connectivity index (χ4n) is 0.952. The first-order chi connectivity index (χ1) is 8.18. The molecule has 0 unspecified atom stereocenters. The van der Waals surface area contributed by atoms with Crippen molar-refractivity contribution in [1.82, 2.24) is 0 Å². The van der Waals surface area contributed by atoms with E-state index >= 15 is 0 Å². The largest absolute Gasteiger partial charge is 0.474 e. The minimum atomic E-state index is -3.49. The maximum absolute atomic E-state index is 12.0. The zero-order valence-corrected chi connectivity index (χ0v) is 11.5. The standard InChI is InChI=1S/C11H22O5P/c1-3-5-9-14-17(13,15-10-6-4-2)16-11-7-8-12/h3-7,9-11H2,1-2H3. The van der Waals surface area contributed by atoms with Crippen LogP contribution in [0.15, 0.2) is 0 Å². The maximum atomic E-state index is 12.0. The fraction of sp³-hybridized carbons (Fsp3) is 0.909. The molecule has 0 rings (SSSR count). The molecule has 0 fully saturated rings. The van der Waals surface area contributed by atoms with Crippen LogP contribution in [0.2, 0.25) is 0 Å². The van der Waals surface area contributed by atoms with Crippen LogP contribution in [-0.4, -0.2) is 26.1 Å². The Hall–Kier alpha value is -0.220. The quantitative estimate of drug-likeness (QED) is 0.400. The highest BCUT2D eigenvalue weighted by atomic mass is 31.2. The Morgan fingerprint density at radius 1 is 0.941 bits per heavy atom. The lowest BCUT2D eigenvalue weighted by Gasteiger charge is -2.17. The molecular formula is C11H22O5P. The Bertz CT molecular complexity index is 218. The van der Waals surface area contributed by atoms with E-state index in [2.05, 4.69) is 0 Å². The third-order valence-electron chi connectivity index (χ3n) is 1.95. The van der Waals surface area contributed by atoms with Crippen molar-refractivity contribution in [3.8, 4) is 0 Å². The molecule has 5 nitrogen and oxygen atoms in total. The lowest BCUT2D eigenvalue weighted by atomic mass is 10.4. The number of unbranched alkanes of at least 4 members (excludes halogenated alkanes) is 2. The van der Waals surface area contributed by atoms with Crippen LogP contribution in [0.1, 0.15) is 46.0 Å². The lowest BCUT2D eigenvalue weighted by Crippen LogP contribution is -2.04. The summed E-state index contributed by atoms with van der Waals surface area (Å²) in [4.78, 5) is 10.0. The second-order valence-corrected chi connectivity index (χ2v) is 5.22. The molecule has 0 aliphatic heterocycles. The summed E-state index contributed by atoms with van der Waals surface area (Å²) in [5.41, 5.74) is 0. The summed E-state index contributed by atoms with van der Waals surface area (Å²) in [6, 6.07) is 0. The van der Waals surface area contributed by atoms with E-state index in [0.717, 1.165) is 25.7 Å². The Morgan fingerprint density at radius 3 is 1.82 bits per heavy atom. The van der Waals surface area contributed by atoms with Crippen molar-refractivity contribution >= 4 is 14.1 Å². The van der Waals surface area contributed by atoms with Crippen molar-refractivity contribution in [2.75, 3.05) is 19.8 Å². The minimum Gasteiger partial charge on any atom is -0.291 e. The molecule has 0 heterocycles. The number of phosphoric acid groups is 1. The molecule has 0 aromatic heterocycles. The monoisotopic (exact) mass is 265 g/mol. The van der Waals surface area contributed by atoms with E-state index in [1.54, 1.807) is 6.29 Å². The van der Waals surface area contributed by atoms with Crippen LogP contribution in [0.4, 0.5) is 0 Å². The highest BCUT2D eigenvalue weighted by molar-refractivity contribution is 7.48. The van der Waals surface area contributed by atoms with Gasteiger partial charge < -0.3 is 0 Å². The van der Waals surface area contributed by atoms with Crippen molar-refractivity contribution in [2.24, 2.45) is 0 Å². The van der Waals surface area contributed by atoms with Gasteiger partial charge in [-0.25, -0.2) is 4.57 Å². The third kappa shape index (κ3) is 9.48. The fourth-order valence-corrected chi connectivity index (χ4v) is 2.20. The summed E-state index contributed by atoms with van der Waals surface area (Å²) in [5, 5.41) is 0. The molecule has 0 aliphatic carbocycles. The number of rotatable bonds is 12. The van der Waals surface area contributed by atoms with Gasteiger partial charge in [-0.3, -0.25) is 18.4 Å². The molecule has 0 amide bonds. The van der Waals surface area contributed by atoms with Crippen LogP contribution in [0.5, 0.6) is 0 Å². The van der Waals surface area contributed by atoms with Gasteiger partial charge in [0, 0.05) is 6.42 Å². The van der Waals surface area contributed by atoms with Crippen LogP contribution in [0.25, 0.3) is 0 Å². The molecule has 0 atom stereocenters. The van der Waals surface area contributed by atoms with Gasteiger partial charge in [0.1, 0.15) is 0 Å². The van der Waals surface area contributed by atoms with E-state index < -0.39 is 7.82 Å². The Kier molecular flexibility index (Phi) is 10.8. The number of hydrogen-bond donors (Lipinski definition) is 0. The molecule has 0 aliphatic rings. The summed E-state index contributed by atoms with van der Waals surface area (Å²) in [6.07, 6.45) is 5.21. The number of hydrogen-bond acceptors (Lipinski definition) is 5.